The molecule has 0 fully saturated rings. The van der Waals surface area contributed by atoms with Crippen molar-refractivity contribution in [1.82, 2.24) is 14.4 Å². The minimum Gasteiger partial charge on any atom is -0.305 e. The summed E-state index contributed by atoms with van der Waals surface area (Å²) < 4.78 is 39.4. The van der Waals surface area contributed by atoms with Crippen molar-refractivity contribution in [3.05, 3.63) is 59.2 Å². The molecule has 0 unspecified atom stereocenters. The van der Waals surface area contributed by atoms with Crippen molar-refractivity contribution >= 4 is 17.4 Å². The number of imidazole rings is 1. The number of carbonyl (C=O) groups is 1. The number of hydrogen-bond acceptors (Lipinski definition) is 3. The average molecular weight is 348 g/mol. The number of carbonyl (C=O) groups excluding carboxylic acids is 1. The number of rotatable bonds is 3. The zero-order valence-corrected chi connectivity index (χ0v) is 13.6. The van der Waals surface area contributed by atoms with E-state index in [9.17, 15) is 18.0 Å². The predicted octanol–water partition coefficient (Wildman–Crippen LogP) is 3.87. The second-order valence-electron chi connectivity index (χ2n) is 5.58. The molecule has 0 bridgehead atoms. The van der Waals surface area contributed by atoms with Crippen molar-refractivity contribution < 1.29 is 18.0 Å². The fourth-order valence-corrected chi connectivity index (χ4v) is 2.49. The molecule has 0 aliphatic rings. The molecule has 0 aliphatic carbocycles. The number of alkyl halides is 3. The third-order valence-corrected chi connectivity index (χ3v) is 3.74. The van der Waals surface area contributed by atoms with Gasteiger partial charge in [-0.15, -0.1) is 0 Å². The monoisotopic (exact) mass is 348 g/mol. The number of aryl methyl sites for hydroxylation is 2. The first-order valence-corrected chi connectivity index (χ1v) is 7.61. The van der Waals surface area contributed by atoms with Gasteiger partial charge in [0.15, 0.2) is 0 Å². The molecule has 0 radical (unpaired) electrons. The maximum atomic E-state index is 12.6. The van der Waals surface area contributed by atoms with Crippen LogP contribution in [-0.4, -0.2) is 20.3 Å². The zero-order chi connectivity index (χ0) is 18.2. The normalized spacial score (nSPS) is 11.7. The second kappa shape index (κ2) is 6.19. The third-order valence-electron chi connectivity index (χ3n) is 3.74. The van der Waals surface area contributed by atoms with Gasteiger partial charge in [-0.2, -0.15) is 13.2 Å². The molecule has 25 heavy (non-hydrogen) atoms. The van der Waals surface area contributed by atoms with Gasteiger partial charge in [0.05, 0.1) is 11.3 Å². The zero-order valence-electron chi connectivity index (χ0n) is 13.6. The van der Waals surface area contributed by atoms with E-state index >= 15 is 0 Å². The second-order valence-corrected chi connectivity index (χ2v) is 5.58. The highest BCUT2D eigenvalue weighted by molar-refractivity contribution is 6.04. The molecule has 3 rings (SSSR count). The van der Waals surface area contributed by atoms with Crippen LogP contribution < -0.4 is 5.32 Å². The highest BCUT2D eigenvalue weighted by Gasteiger charge is 2.30. The molecule has 0 spiro atoms. The number of hydrogen-bond donors (Lipinski definition) is 1. The van der Waals surface area contributed by atoms with Crippen LogP contribution in [0.5, 0.6) is 0 Å². The van der Waals surface area contributed by atoms with E-state index in [2.05, 4.69) is 15.3 Å². The summed E-state index contributed by atoms with van der Waals surface area (Å²) in [4.78, 5) is 20.7. The standard InChI is InChI=1S/C17H15F3N4O/c1-3-12-15(24-7-6-10(2)8-14(24)22-12)16(25)23-13-5-4-11(9-21-13)17(18,19)20/h4-9H,3H2,1-2H3,(H,21,23,25). The minimum atomic E-state index is -4.47. The molecule has 0 aliphatic heterocycles. The number of nitrogens with zero attached hydrogens (tertiary/aromatic N) is 3. The first kappa shape index (κ1) is 16.9. The van der Waals surface area contributed by atoms with Crippen LogP contribution in [0.3, 0.4) is 0 Å². The molecular weight excluding hydrogens is 333 g/mol. The fourth-order valence-electron chi connectivity index (χ4n) is 2.49. The molecule has 3 aromatic rings. The van der Waals surface area contributed by atoms with Gasteiger partial charge in [0.1, 0.15) is 17.2 Å². The Morgan fingerprint density at radius 2 is 2.04 bits per heavy atom. The Bertz CT molecular complexity index is 929. The van der Waals surface area contributed by atoms with Crippen LogP contribution in [-0.2, 0) is 12.6 Å². The van der Waals surface area contributed by atoms with Gasteiger partial charge in [0.25, 0.3) is 5.91 Å². The highest BCUT2D eigenvalue weighted by atomic mass is 19.4. The summed E-state index contributed by atoms with van der Waals surface area (Å²) in [6, 6.07) is 5.70. The molecule has 0 atom stereocenters. The fraction of sp³-hybridized carbons (Fsp3) is 0.235. The van der Waals surface area contributed by atoms with Gasteiger partial charge in [-0.3, -0.25) is 9.20 Å². The lowest BCUT2D eigenvalue weighted by molar-refractivity contribution is -0.137. The molecule has 8 heteroatoms. The minimum absolute atomic E-state index is 0.0436. The van der Waals surface area contributed by atoms with Gasteiger partial charge in [-0.05, 0) is 43.2 Å². The van der Waals surface area contributed by atoms with E-state index in [0.29, 0.717) is 29.7 Å². The molecule has 1 amide bonds. The van der Waals surface area contributed by atoms with Gasteiger partial charge in [-0.25, -0.2) is 9.97 Å². The molecule has 3 heterocycles. The van der Waals surface area contributed by atoms with Gasteiger partial charge in [-0.1, -0.05) is 6.92 Å². The largest absolute Gasteiger partial charge is 0.417 e. The molecule has 1 N–H and O–H groups in total. The highest BCUT2D eigenvalue weighted by Crippen LogP contribution is 2.29. The molecule has 0 aromatic carbocycles. The summed E-state index contributed by atoms with van der Waals surface area (Å²) >= 11 is 0. The molecule has 0 saturated heterocycles. The Morgan fingerprint density at radius 1 is 1.28 bits per heavy atom. The summed E-state index contributed by atoms with van der Waals surface area (Å²) in [6.07, 6.45) is -1.49. The van der Waals surface area contributed by atoms with Gasteiger partial charge < -0.3 is 5.32 Å². The summed E-state index contributed by atoms with van der Waals surface area (Å²) in [5, 5.41) is 2.53. The van der Waals surface area contributed by atoms with E-state index in [4.69, 9.17) is 0 Å². The Morgan fingerprint density at radius 3 is 2.64 bits per heavy atom. The van der Waals surface area contributed by atoms with Gasteiger partial charge in [0.2, 0.25) is 0 Å². The summed E-state index contributed by atoms with van der Waals surface area (Å²) in [5.74, 6) is -0.428. The van der Waals surface area contributed by atoms with Crippen LogP contribution in [0.4, 0.5) is 19.0 Å². The van der Waals surface area contributed by atoms with Crippen LogP contribution in [0.25, 0.3) is 5.65 Å². The van der Waals surface area contributed by atoms with Crippen LogP contribution in [0.1, 0.15) is 34.2 Å². The van der Waals surface area contributed by atoms with E-state index in [0.717, 1.165) is 17.7 Å². The molecule has 5 nitrogen and oxygen atoms in total. The predicted molar refractivity (Wildman–Crippen MR) is 86.5 cm³/mol. The maximum Gasteiger partial charge on any atom is 0.417 e. The lowest BCUT2D eigenvalue weighted by atomic mass is 10.2. The number of pyridine rings is 2. The molecule has 0 saturated carbocycles. The molecule has 130 valence electrons. The lowest BCUT2D eigenvalue weighted by Gasteiger charge is -2.08. The van der Waals surface area contributed by atoms with Crippen LogP contribution in [0.2, 0.25) is 0 Å². The van der Waals surface area contributed by atoms with Crippen molar-refractivity contribution in [2.75, 3.05) is 5.32 Å². The van der Waals surface area contributed by atoms with Crippen LogP contribution >= 0.6 is 0 Å². The van der Waals surface area contributed by atoms with E-state index in [1.54, 1.807) is 10.6 Å². The van der Waals surface area contributed by atoms with Crippen LogP contribution in [0, 0.1) is 6.92 Å². The summed E-state index contributed by atoms with van der Waals surface area (Å²) in [6.45, 7) is 3.80. The van der Waals surface area contributed by atoms with Crippen molar-refractivity contribution in [3.8, 4) is 0 Å². The SMILES string of the molecule is CCc1nc2cc(C)ccn2c1C(=O)Nc1ccc(C(F)(F)F)cn1. The average Bonchev–Trinajstić information content (AvgIpc) is 2.92. The Balaban J connectivity index is 1.92. The van der Waals surface area contributed by atoms with E-state index in [-0.39, 0.29) is 5.82 Å². The third kappa shape index (κ3) is 3.33. The quantitative estimate of drug-likeness (QED) is 0.782. The Kier molecular flexibility index (Phi) is 4.20. The number of fused-ring (bicyclic) bond motifs is 1. The summed E-state index contributed by atoms with van der Waals surface area (Å²) in [7, 11) is 0. The number of halogens is 3. The van der Waals surface area contributed by atoms with Crippen molar-refractivity contribution in [3.63, 3.8) is 0 Å². The van der Waals surface area contributed by atoms with E-state index in [1.165, 1.54) is 0 Å². The topological polar surface area (TPSA) is 59.3 Å². The number of nitrogens with one attached hydrogen (secondary N) is 1. The Labute approximate surface area is 141 Å². The van der Waals surface area contributed by atoms with E-state index in [1.807, 2.05) is 26.0 Å². The van der Waals surface area contributed by atoms with Gasteiger partial charge in [0, 0.05) is 12.4 Å². The van der Waals surface area contributed by atoms with Crippen LogP contribution in [0.15, 0.2) is 36.7 Å². The van der Waals surface area contributed by atoms with Crippen molar-refractivity contribution in [1.29, 1.82) is 0 Å². The number of anilines is 1. The molecule has 3 aromatic heterocycles. The van der Waals surface area contributed by atoms with Crippen molar-refractivity contribution in [2.24, 2.45) is 0 Å². The number of aromatic nitrogens is 3. The lowest BCUT2D eigenvalue weighted by Crippen LogP contribution is -2.17. The number of amides is 1. The van der Waals surface area contributed by atoms with Crippen molar-refractivity contribution in [2.45, 2.75) is 26.4 Å². The Hall–Kier alpha value is -2.90. The van der Waals surface area contributed by atoms with E-state index < -0.39 is 17.6 Å². The maximum absolute atomic E-state index is 12.6. The molecular formula is C17H15F3N4O. The summed E-state index contributed by atoms with van der Waals surface area (Å²) in [5.41, 5.74) is 1.73. The smallest absolute Gasteiger partial charge is 0.305 e. The first-order valence-electron chi connectivity index (χ1n) is 7.61. The first-order chi connectivity index (χ1) is 11.8. The van der Waals surface area contributed by atoms with Gasteiger partial charge >= 0.3 is 6.18 Å².